The number of amides is 2. The molecular formula is C35H40N2O10. The normalized spacial score (nSPS) is 10.0. The number of carbonyl (C=O) groups is 6. The molecule has 2 amide bonds. The average molecular weight is 649 g/mol. The molecule has 0 saturated carbocycles. The molecule has 12 heteroatoms. The van der Waals surface area contributed by atoms with Gasteiger partial charge >= 0.3 is 11.9 Å². The summed E-state index contributed by atoms with van der Waals surface area (Å²) in [5.74, 6) is -1.71. The third-order valence-corrected chi connectivity index (χ3v) is 6.46. The van der Waals surface area contributed by atoms with Crippen molar-refractivity contribution in [2.45, 2.75) is 46.4 Å². The van der Waals surface area contributed by atoms with Crippen LogP contribution in [0.5, 0.6) is 11.5 Å². The van der Waals surface area contributed by atoms with E-state index in [0.717, 1.165) is 21.6 Å². The van der Waals surface area contributed by atoms with Gasteiger partial charge in [-0.25, -0.2) is 0 Å². The minimum absolute atomic E-state index is 0.136. The van der Waals surface area contributed by atoms with E-state index in [2.05, 4.69) is 0 Å². The second-order valence-electron chi connectivity index (χ2n) is 10.5. The molecule has 1 N–H and O–H groups in total. The minimum atomic E-state index is -1.12. The summed E-state index contributed by atoms with van der Waals surface area (Å²) in [7, 11) is 3.11. The highest BCUT2D eigenvalue weighted by molar-refractivity contribution is 5.98. The fourth-order valence-corrected chi connectivity index (χ4v) is 4.12. The van der Waals surface area contributed by atoms with Gasteiger partial charge in [-0.15, -0.1) is 0 Å². The molecule has 0 bridgehead atoms. The van der Waals surface area contributed by atoms with E-state index in [1.165, 1.54) is 18.7 Å². The predicted octanol–water partition coefficient (Wildman–Crippen LogP) is 3.83. The molecule has 3 rings (SSSR count). The lowest BCUT2D eigenvalue weighted by atomic mass is 10.2. The molecule has 0 atom stereocenters. The van der Waals surface area contributed by atoms with Crippen LogP contribution >= 0.6 is 0 Å². The Morgan fingerprint density at radius 2 is 1.02 bits per heavy atom. The average Bonchev–Trinajstić information content (AvgIpc) is 3.04. The van der Waals surface area contributed by atoms with E-state index in [9.17, 15) is 28.8 Å². The molecule has 0 unspecified atom stereocenters. The number of aliphatic carboxylic acids is 1. The third-order valence-electron chi connectivity index (χ3n) is 6.46. The van der Waals surface area contributed by atoms with Gasteiger partial charge < -0.3 is 29.1 Å². The smallest absolute Gasteiger partial charge is 0.325 e. The molecule has 0 spiro atoms. The highest BCUT2D eigenvalue weighted by Gasteiger charge is 2.20. The summed E-state index contributed by atoms with van der Waals surface area (Å²) in [4.78, 5) is 71.9. The van der Waals surface area contributed by atoms with Crippen LogP contribution in [0.2, 0.25) is 0 Å². The van der Waals surface area contributed by atoms with E-state index < -0.39 is 30.3 Å². The highest BCUT2D eigenvalue weighted by Crippen LogP contribution is 2.15. The molecule has 0 heterocycles. The maximum atomic E-state index is 12.4. The number of carboxylic acids is 1. The second kappa shape index (κ2) is 19.8. The Kier molecular flexibility index (Phi) is 15.9. The van der Waals surface area contributed by atoms with Gasteiger partial charge in [0.2, 0.25) is 11.8 Å². The zero-order chi connectivity index (χ0) is 34.8. The second-order valence-corrected chi connectivity index (χ2v) is 10.5. The molecule has 0 aliphatic carbocycles. The van der Waals surface area contributed by atoms with E-state index in [4.69, 9.17) is 19.3 Å². The Bertz CT molecular complexity index is 1490. The number of nitrogens with zero attached hydrogens (tertiary/aromatic N) is 2. The van der Waals surface area contributed by atoms with Crippen molar-refractivity contribution in [1.29, 1.82) is 0 Å². The van der Waals surface area contributed by atoms with Crippen molar-refractivity contribution in [1.82, 2.24) is 9.80 Å². The Hall–Kier alpha value is -5.52. The van der Waals surface area contributed by atoms with Crippen LogP contribution in [0.15, 0.2) is 78.9 Å². The zero-order valence-corrected chi connectivity index (χ0v) is 27.0. The van der Waals surface area contributed by atoms with Crippen molar-refractivity contribution in [3.8, 4) is 11.5 Å². The van der Waals surface area contributed by atoms with Gasteiger partial charge in [-0.1, -0.05) is 54.6 Å². The molecule has 3 aromatic carbocycles. The fourth-order valence-electron chi connectivity index (χ4n) is 4.12. The van der Waals surface area contributed by atoms with Crippen molar-refractivity contribution in [3.63, 3.8) is 0 Å². The first-order valence-electron chi connectivity index (χ1n) is 14.6. The number of esters is 1. The van der Waals surface area contributed by atoms with E-state index in [0.29, 0.717) is 11.5 Å². The van der Waals surface area contributed by atoms with Crippen molar-refractivity contribution in [2.24, 2.45) is 0 Å². The standard InChI is InChI=1S/C21H23NO5.C14H17NO5/c1-16(23)12-20(24)22(13-17-8-10-19(26-2)11-9-17)14-21(25)27-15-18-6-4-3-5-7-18;1-10(16)7-13(17)15(9-14(18)19)8-11-3-5-12(20-2)6-4-11/h3-11H,12-15H2,1-2H3;3-6H,7-9H2,1-2H3,(H,18,19). The molecule has 250 valence electrons. The number of hydrogen-bond acceptors (Lipinski definition) is 9. The Morgan fingerprint density at radius 1 is 0.596 bits per heavy atom. The van der Waals surface area contributed by atoms with Gasteiger partial charge in [0, 0.05) is 13.1 Å². The van der Waals surface area contributed by atoms with Crippen molar-refractivity contribution in [3.05, 3.63) is 95.6 Å². The van der Waals surface area contributed by atoms with Gasteiger partial charge in [-0.2, -0.15) is 0 Å². The van der Waals surface area contributed by atoms with Crippen molar-refractivity contribution < 1.29 is 48.1 Å². The zero-order valence-electron chi connectivity index (χ0n) is 27.0. The van der Waals surface area contributed by atoms with Crippen LogP contribution in [0.4, 0.5) is 0 Å². The molecule has 12 nitrogen and oxygen atoms in total. The fraction of sp³-hybridized carbons (Fsp3) is 0.314. The van der Waals surface area contributed by atoms with Gasteiger partial charge in [0.05, 0.1) is 27.1 Å². The lowest BCUT2D eigenvalue weighted by molar-refractivity contribution is -0.151. The first-order chi connectivity index (χ1) is 22.4. The number of hydrogen-bond donors (Lipinski definition) is 1. The van der Waals surface area contributed by atoms with Crippen LogP contribution in [-0.4, -0.2) is 77.5 Å². The Morgan fingerprint density at radius 3 is 1.40 bits per heavy atom. The van der Waals surface area contributed by atoms with Crippen LogP contribution < -0.4 is 9.47 Å². The number of Topliss-reactive ketones (excluding diaryl/α,β-unsaturated/α-hetero) is 2. The lowest BCUT2D eigenvalue weighted by Gasteiger charge is -2.21. The minimum Gasteiger partial charge on any atom is -0.497 e. The summed E-state index contributed by atoms with van der Waals surface area (Å²) in [6.07, 6.45) is -0.536. The number of ether oxygens (including phenoxy) is 3. The maximum Gasteiger partial charge on any atom is 0.325 e. The van der Waals surface area contributed by atoms with Crippen LogP contribution in [0, 0.1) is 0 Å². The van der Waals surface area contributed by atoms with Crippen LogP contribution in [0.1, 0.15) is 43.4 Å². The number of carbonyl (C=O) groups excluding carboxylic acids is 5. The highest BCUT2D eigenvalue weighted by atomic mass is 16.5. The number of benzene rings is 3. The number of carboxylic acid groups (broad SMARTS) is 1. The Balaban J connectivity index is 0.000000343. The van der Waals surface area contributed by atoms with E-state index >= 15 is 0 Å². The molecule has 0 radical (unpaired) electrons. The summed E-state index contributed by atoms with van der Waals surface area (Å²) in [5, 5.41) is 8.83. The van der Waals surface area contributed by atoms with E-state index in [1.54, 1.807) is 50.6 Å². The SMILES string of the molecule is COc1ccc(CN(CC(=O)O)C(=O)CC(C)=O)cc1.COc1ccc(CN(CC(=O)OCc2ccccc2)C(=O)CC(C)=O)cc1. The van der Waals surface area contributed by atoms with Gasteiger partial charge in [-0.05, 0) is 54.8 Å². The van der Waals surface area contributed by atoms with Crippen LogP contribution in [0.3, 0.4) is 0 Å². The van der Waals surface area contributed by atoms with Gasteiger partial charge in [-0.3, -0.25) is 28.8 Å². The van der Waals surface area contributed by atoms with Crippen LogP contribution in [0.25, 0.3) is 0 Å². The van der Waals surface area contributed by atoms with Gasteiger partial charge in [0.25, 0.3) is 0 Å². The first kappa shape index (κ1) is 37.7. The topological polar surface area (TPSA) is 157 Å². The number of rotatable bonds is 16. The molecule has 0 aliphatic heterocycles. The summed E-state index contributed by atoms with van der Waals surface area (Å²) in [6.45, 7) is 2.47. The van der Waals surface area contributed by atoms with E-state index in [1.807, 2.05) is 42.5 Å². The van der Waals surface area contributed by atoms with Crippen molar-refractivity contribution in [2.75, 3.05) is 27.3 Å². The summed E-state index contributed by atoms with van der Waals surface area (Å²) in [5.41, 5.74) is 2.45. The number of methoxy groups -OCH3 is 2. The predicted molar refractivity (Wildman–Crippen MR) is 171 cm³/mol. The third kappa shape index (κ3) is 14.9. The summed E-state index contributed by atoms with van der Waals surface area (Å²) >= 11 is 0. The van der Waals surface area contributed by atoms with Gasteiger partial charge in [0.1, 0.15) is 42.8 Å². The molecule has 0 aliphatic rings. The van der Waals surface area contributed by atoms with E-state index in [-0.39, 0.29) is 50.6 Å². The number of ketones is 2. The summed E-state index contributed by atoms with van der Waals surface area (Å²) < 4.78 is 15.4. The monoisotopic (exact) mass is 648 g/mol. The summed E-state index contributed by atoms with van der Waals surface area (Å²) in [6, 6.07) is 23.4. The molecule has 3 aromatic rings. The maximum absolute atomic E-state index is 12.4. The largest absolute Gasteiger partial charge is 0.497 e. The van der Waals surface area contributed by atoms with Gasteiger partial charge in [0.15, 0.2) is 0 Å². The first-order valence-corrected chi connectivity index (χ1v) is 14.6. The molecule has 0 fully saturated rings. The molecule has 47 heavy (non-hydrogen) atoms. The molecule has 0 aromatic heterocycles. The Labute approximate surface area is 273 Å². The lowest BCUT2D eigenvalue weighted by Crippen LogP contribution is -2.36. The van der Waals surface area contributed by atoms with Crippen LogP contribution in [-0.2, 0) is 53.2 Å². The molecular weight excluding hydrogens is 608 g/mol. The molecule has 0 saturated heterocycles. The quantitative estimate of drug-likeness (QED) is 0.179. The van der Waals surface area contributed by atoms with Crippen molar-refractivity contribution >= 4 is 35.3 Å².